The summed E-state index contributed by atoms with van der Waals surface area (Å²) in [5, 5.41) is 12.2. The summed E-state index contributed by atoms with van der Waals surface area (Å²) < 4.78 is 87.8. The van der Waals surface area contributed by atoms with E-state index < -0.39 is 0 Å². The first-order valence-corrected chi connectivity index (χ1v) is 27.5. The van der Waals surface area contributed by atoms with Gasteiger partial charge in [-0.05, 0) is 38.8 Å². The third-order valence-corrected chi connectivity index (χ3v) is 10.4. The molecule has 0 saturated heterocycles. The second-order valence-electron chi connectivity index (χ2n) is 16.6. The number of nitrogens with one attached hydrogen (secondary N) is 1. The highest BCUT2D eigenvalue weighted by Crippen LogP contribution is 2.12. The van der Waals surface area contributed by atoms with Crippen LogP contribution in [0.1, 0.15) is 110 Å². The molecule has 0 amide bonds. The number of hydrogen-bond acceptors (Lipinski definition) is 18. The van der Waals surface area contributed by atoms with Gasteiger partial charge in [0.2, 0.25) is 0 Å². The molecule has 18 heteroatoms. The summed E-state index contributed by atoms with van der Waals surface area (Å²) in [6.45, 7) is 21.1. The van der Waals surface area contributed by atoms with E-state index in [2.05, 4.69) is 12.2 Å². The number of aliphatic hydroxyl groups is 1. The van der Waals surface area contributed by atoms with Crippen molar-refractivity contribution in [2.75, 3.05) is 231 Å². The third-order valence-electron chi connectivity index (χ3n) is 10.4. The Hall–Kier alpha value is -0.720. The molecule has 422 valence electrons. The van der Waals surface area contributed by atoms with Crippen LogP contribution in [0.25, 0.3) is 0 Å². The van der Waals surface area contributed by atoms with Crippen molar-refractivity contribution in [2.24, 2.45) is 0 Å². The van der Waals surface area contributed by atoms with Gasteiger partial charge in [-0.25, -0.2) is 0 Å². The monoisotopic (exact) mass is 1020 g/mol. The largest absolute Gasteiger partial charge is 0.394 e. The first kappa shape index (κ1) is 69.3. The zero-order valence-corrected chi connectivity index (χ0v) is 44.5. The van der Waals surface area contributed by atoms with Crippen molar-refractivity contribution in [3.63, 3.8) is 0 Å². The molecular weight excluding hydrogens is 911 g/mol. The lowest BCUT2D eigenvalue weighted by Crippen LogP contribution is -2.16. The zero-order valence-electron chi connectivity index (χ0n) is 44.5. The van der Waals surface area contributed by atoms with E-state index in [1.54, 1.807) is 0 Å². The van der Waals surface area contributed by atoms with Crippen LogP contribution in [0.3, 0.4) is 0 Å². The van der Waals surface area contributed by atoms with Crippen LogP contribution >= 0.6 is 0 Å². The molecule has 18 nitrogen and oxygen atoms in total. The molecule has 0 aromatic carbocycles. The van der Waals surface area contributed by atoms with Crippen molar-refractivity contribution < 1.29 is 80.9 Å². The van der Waals surface area contributed by atoms with Gasteiger partial charge in [-0.3, -0.25) is 0 Å². The van der Waals surface area contributed by atoms with Crippen molar-refractivity contribution in [3.05, 3.63) is 0 Å². The highest BCUT2D eigenvalue weighted by Gasteiger charge is 2.00. The summed E-state index contributed by atoms with van der Waals surface area (Å²) in [5.41, 5.74) is 0. The van der Waals surface area contributed by atoms with Crippen LogP contribution in [0, 0.1) is 0 Å². The number of hydrogen-bond donors (Lipinski definition) is 2. The lowest BCUT2D eigenvalue weighted by molar-refractivity contribution is -0.0305. The lowest BCUT2D eigenvalue weighted by Gasteiger charge is -2.09. The summed E-state index contributed by atoms with van der Waals surface area (Å²) in [4.78, 5) is 0. The number of rotatable bonds is 67. The minimum absolute atomic E-state index is 0.0225. The molecule has 0 bridgehead atoms. The van der Waals surface area contributed by atoms with E-state index in [0.29, 0.717) is 205 Å². The van der Waals surface area contributed by atoms with E-state index in [-0.39, 0.29) is 6.61 Å². The smallest absolute Gasteiger partial charge is 0.0701 e. The Morgan fingerprint density at radius 1 is 0.200 bits per heavy atom. The molecular formula is C52H107NO17. The van der Waals surface area contributed by atoms with Crippen molar-refractivity contribution >= 4 is 0 Å². The predicted octanol–water partition coefficient (Wildman–Crippen LogP) is 6.10. The van der Waals surface area contributed by atoms with Gasteiger partial charge in [0.25, 0.3) is 0 Å². The number of unbranched alkanes of at least 4 members (excludes halogenated alkanes) is 14. The van der Waals surface area contributed by atoms with Crippen LogP contribution in [0.2, 0.25) is 0 Å². The van der Waals surface area contributed by atoms with Crippen molar-refractivity contribution in [1.29, 1.82) is 0 Å². The summed E-state index contributed by atoms with van der Waals surface area (Å²) in [6.07, 6.45) is 21.8. The number of aliphatic hydroxyl groups excluding tert-OH is 1. The first-order valence-electron chi connectivity index (χ1n) is 27.5. The van der Waals surface area contributed by atoms with Gasteiger partial charge < -0.3 is 86.2 Å². The van der Waals surface area contributed by atoms with Crippen LogP contribution in [0.5, 0.6) is 0 Å². The van der Waals surface area contributed by atoms with Crippen molar-refractivity contribution in [1.82, 2.24) is 5.32 Å². The van der Waals surface area contributed by atoms with E-state index in [1.165, 1.54) is 96.3 Å². The van der Waals surface area contributed by atoms with Crippen LogP contribution in [-0.4, -0.2) is 236 Å². The Bertz CT molecular complexity index is 823. The molecule has 0 saturated carbocycles. The van der Waals surface area contributed by atoms with Gasteiger partial charge in [0, 0.05) is 6.61 Å². The minimum Gasteiger partial charge on any atom is -0.394 e. The fourth-order valence-electron chi connectivity index (χ4n) is 6.49. The summed E-state index contributed by atoms with van der Waals surface area (Å²) >= 11 is 0. The normalized spacial score (nSPS) is 11.7. The lowest BCUT2D eigenvalue weighted by atomic mass is 10.0. The SMILES string of the molecule is CCCCCCCCCCCCCCCNCCCCCOCCOCCOCCOCCOCCOCCOCCOCCOCCOCCOCCOCCOCCOCCOCCOCCO. The van der Waals surface area contributed by atoms with E-state index >= 15 is 0 Å². The molecule has 0 aliphatic rings. The molecule has 0 fully saturated rings. The molecule has 0 rings (SSSR count). The molecule has 0 aliphatic heterocycles. The van der Waals surface area contributed by atoms with E-state index in [9.17, 15) is 0 Å². The molecule has 0 atom stereocenters. The van der Waals surface area contributed by atoms with Crippen LogP contribution < -0.4 is 5.32 Å². The molecule has 2 N–H and O–H groups in total. The standard InChI is InChI=1S/C52H107NO17/c1-2-3-4-5-6-7-8-9-10-11-12-13-15-18-53-19-16-14-17-21-55-23-25-57-27-29-59-31-33-61-35-37-63-39-41-65-43-45-67-47-49-69-51-52-70-50-48-68-46-44-66-42-40-64-38-36-62-34-32-60-30-28-58-26-24-56-22-20-54/h53-54H,2-52H2,1H3. The summed E-state index contributed by atoms with van der Waals surface area (Å²) in [6, 6.07) is 0. The summed E-state index contributed by atoms with van der Waals surface area (Å²) in [7, 11) is 0. The molecule has 0 radical (unpaired) electrons. The van der Waals surface area contributed by atoms with Crippen LogP contribution in [-0.2, 0) is 75.8 Å². The molecule has 0 unspecified atom stereocenters. The maximum Gasteiger partial charge on any atom is 0.0701 e. The van der Waals surface area contributed by atoms with Gasteiger partial charge in [0.05, 0.1) is 211 Å². The Kier molecular flexibility index (Phi) is 67.6. The fourth-order valence-corrected chi connectivity index (χ4v) is 6.49. The molecule has 0 aromatic heterocycles. The second-order valence-corrected chi connectivity index (χ2v) is 16.6. The summed E-state index contributed by atoms with van der Waals surface area (Å²) in [5.74, 6) is 0. The maximum absolute atomic E-state index is 8.61. The molecule has 0 aliphatic carbocycles. The van der Waals surface area contributed by atoms with Crippen LogP contribution in [0.4, 0.5) is 0 Å². The molecule has 0 spiro atoms. The predicted molar refractivity (Wildman–Crippen MR) is 273 cm³/mol. The Labute approximate surface area is 426 Å². The first-order chi connectivity index (χ1) is 34.9. The molecule has 0 aromatic rings. The highest BCUT2D eigenvalue weighted by molar-refractivity contribution is 4.53. The van der Waals surface area contributed by atoms with Gasteiger partial charge in [0.15, 0.2) is 0 Å². The third kappa shape index (κ3) is 67.3. The van der Waals surface area contributed by atoms with Gasteiger partial charge in [-0.2, -0.15) is 0 Å². The van der Waals surface area contributed by atoms with Gasteiger partial charge in [-0.15, -0.1) is 0 Å². The van der Waals surface area contributed by atoms with E-state index in [1.807, 2.05) is 0 Å². The Morgan fingerprint density at radius 3 is 0.586 bits per heavy atom. The topological polar surface area (TPSA) is 180 Å². The number of ether oxygens (including phenoxy) is 16. The van der Waals surface area contributed by atoms with Crippen LogP contribution in [0.15, 0.2) is 0 Å². The zero-order chi connectivity index (χ0) is 50.1. The Morgan fingerprint density at radius 2 is 0.371 bits per heavy atom. The average molecular weight is 1020 g/mol. The molecule has 70 heavy (non-hydrogen) atoms. The van der Waals surface area contributed by atoms with E-state index in [4.69, 9.17) is 80.9 Å². The van der Waals surface area contributed by atoms with Gasteiger partial charge >= 0.3 is 0 Å². The Balaban J connectivity index is 3.07. The maximum atomic E-state index is 8.61. The van der Waals surface area contributed by atoms with Crippen molar-refractivity contribution in [2.45, 2.75) is 110 Å². The van der Waals surface area contributed by atoms with Gasteiger partial charge in [0.1, 0.15) is 0 Å². The fraction of sp³-hybridized carbons (Fsp3) is 1.00. The second kappa shape index (κ2) is 68.3. The van der Waals surface area contributed by atoms with Gasteiger partial charge in [-0.1, -0.05) is 84.0 Å². The molecule has 0 heterocycles. The van der Waals surface area contributed by atoms with Crippen molar-refractivity contribution in [3.8, 4) is 0 Å². The highest BCUT2D eigenvalue weighted by atomic mass is 16.6. The van der Waals surface area contributed by atoms with E-state index in [0.717, 1.165) is 26.1 Å². The average Bonchev–Trinajstić information content (AvgIpc) is 3.37. The minimum atomic E-state index is 0.0225. The quantitative estimate of drug-likeness (QED) is 0.0668.